The zero-order valence-corrected chi connectivity index (χ0v) is 13.9. The molecule has 4 unspecified atom stereocenters. The maximum atomic E-state index is 11.4. The molecule has 1 fully saturated rings. The van der Waals surface area contributed by atoms with Gasteiger partial charge < -0.3 is 30.0 Å². The van der Waals surface area contributed by atoms with Crippen LogP contribution in [0, 0.1) is 0 Å². The third-order valence-electron chi connectivity index (χ3n) is 3.15. The van der Waals surface area contributed by atoms with Crippen LogP contribution in [0.3, 0.4) is 0 Å². The number of amides is 1. The fraction of sp³-hybridized carbons (Fsp3) is 0.714. The normalized spacial score (nSPS) is 29.3. The molecule has 1 amide bonds. The molecule has 3 N–H and O–H groups in total. The van der Waals surface area contributed by atoms with E-state index in [1.165, 1.54) is 13.8 Å². The predicted octanol–water partition coefficient (Wildman–Crippen LogP) is -1.40. The van der Waals surface area contributed by atoms with Crippen LogP contribution in [0.25, 0.3) is 0 Å². The van der Waals surface area contributed by atoms with Gasteiger partial charge in [0.25, 0.3) is 0 Å². The van der Waals surface area contributed by atoms with E-state index in [1.807, 2.05) is 0 Å². The zero-order chi connectivity index (χ0) is 18.4. The fourth-order valence-electron chi connectivity index (χ4n) is 2.37. The van der Waals surface area contributed by atoms with Gasteiger partial charge in [-0.25, -0.2) is 0 Å². The quantitative estimate of drug-likeness (QED) is 0.454. The molecule has 0 spiro atoms. The SMILES string of the molecule is CC(=O)N[C@@H]1C(N)OC(COC(C)=O)C(OC(C)=O)C1OC(C)=O. The lowest BCUT2D eigenvalue weighted by Crippen LogP contribution is -2.68. The lowest BCUT2D eigenvalue weighted by atomic mass is 9.95. The Morgan fingerprint density at radius 1 is 0.958 bits per heavy atom. The molecule has 1 aliphatic heterocycles. The van der Waals surface area contributed by atoms with Crippen molar-refractivity contribution < 1.29 is 38.1 Å². The molecule has 0 aromatic heterocycles. The van der Waals surface area contributed by atoms with Gasteiger partial charge in [0, 0.05) is 27.7 Å². The predicted molar refractivity (Wildman–Crippen MR) is 78.2 cm³/mol. The monoisotopic (exact) mass is 346 g/mol. The summed E-state index contributed by atoms with van der Waals surface area (Å²) >= 11 is 0. The van der Waals surface area contributed by atoms with Gasteiger partial charge in [0.05, 0.1) is 0 Å². The highest BCUT2D eigenvalue weighted by atomic mass is 16.6. The van der Waals surface area contributed by atoms with Gasteiger partial charge in [-0.15, -0.1) is 0 Å². The molecule has 0 aliphatic carbocycles. The molecule has 10 heteroatoms. The minimum atomic E-state index is -1.11. The largest absolute Gasteiger partial charge is 0.463 e. The van der Waals surface area contributed by atoms with Crippen LogP contribution in [0.4, 0.5) is 0 Å². The summed E-state index contributed by atoms with van der Waals surface area (Å²) in [5.74, 6) is -2.32. The summed E-state index contributed by atoms with van der Waals surface area (Å²) in [6.07, 6.45) is -4.23. The summed E-state index contributed by atoms with van der Waals surface area (Å²) < 4.78 is 20.7. The number of nitrogens with two attached hydrogens (primary N) is 1. The first-order valence-corrected chi connectivity index (χ1v) is 7.27. The van der Waals surface area contributed by atoms with Crippen molar-refractivity contribution in [2.75, 3.05) is 6.61 Å². The van der Waals surface area contributed by atoms with Gasteiger partial charge in [0.15, 0.2) is 12.2 Å². The van der Waals surface area contributed by atoms with Crippen molar-refractivity contribution in [3.05, 3.63) is 0 Å². The van der Waals surface area contributed by atoms with E-state index >= 15 is 0 Å². The van der Waals surface area contributed by atoms with Gasteiger partial charge in [-0.05, 0) is 0 Å². The van der Waals surface area contributed by atoms with Gasteiger partial charge in [0.2, 0.25) is 5.91 Å². The number of hydrogen-bond donors (Lipinski definition) is 2. The maximum absolute atomic E-state index is 11.4. The summed E-state index contributed by atoms with van der Waals surface area (Å²) in [6.45, 7) is 4.52. The van der Waals surface area contributed by atoms with E-state index in [1.54, 1.807) is 0 Å². The average Bonchev–Trinajstić information content (AvgIpc) is 2.42. The minimum absolute atomic E-state index is 0.258. The third-order valence-corrected chi connectivity index (χ3v) is 3.15. The Labute approximate surface area is 138 Å². The molecule has 1 saturated heterocycles. The lowest BCUT2D eigenvalue weighted by molar-refractivity contribution is -0.222. The fourth-order valence-corrected chi connectivity index (χ4v) is 2.37. The molecule has 10 nitrogen and oxygen atoms in total. The van der Waals surface area contributed by atoms with E-state index in [2.05, 4.69) is 5.32 Å². The number of carbonyl (C=O) groups is 4. The Kier molecular flexibility index (Phi) is 7.11. The summed E-state index contributed by atoms with van der Waals surface area (Å²) in [5, 5.41) is 2.51. The highest BCUT2D eigenvalue weighted by molar-refractivity contribution is 5.73. The van der Waals surface area contributed by atoms with Gasteiger partial charge in [-0.2, -0.15) is 0 Å². The standard InChI is InChI=1S/C14H22N2O8/c1-6(17)16-11-13(23-9(4)20)12(22-8(3)19)10(24-14(11)15)5-21-7(2)18/h10-14H,5,15H2,1-4H3,(H,16,17)/t10?,11-,12?,13?,14?/m0/s1. The van der Waals surface area contributed by atoms with E-state index in [0.717, 1.165) is 13.8 Å². The van der Waals surface area contributed by atoms with Crippen LogP contribution in [-0.2, 0) is 38.1 Å². The number of esters is 3. The molecule has 24 heavy (non-hydrogen) atoms. The Morgan fingerprint density at radius 3 is 1.96 bits per heavy atom. The molecule has 0 bridgehead atoms. The van der Waals surface area contributed by atoms with E-state index in [-0.39, 0.29) is 6.61 Å². The van der Waals surface area contributed by atoms with Crippen LogP contribution in [0.15, 0.2) is 0 Å². The summed E-state index contributed by atoms with van der Waals surface area (Å²) in [6, 6.07) is -0.940. The van der Waals surface area contributed by atoms with Crippen molar-refractivity contribution in [3.63, 3.8) is 0 Å². The number of ether oxygens (including phenoxy) is 4. The van der Waals surface area contributed by atoms with Crippen LogP contribution < -0.4 is 11.1 Å². The van der Waals surface area contributed by atoms with Crippen LogP contribution in [-0.4, -0.2) is 61.0 Å². The first kappa shape index (κ1) is 19.8. The Balaban J connectivity index is 3.11. The van der Waals surface area contributed by atoms with Crippen LogP contribution in [0.5, 0.6) is 0 Å². The molecular weight excluding hydrogens is 324 g/mol. The number of hydrogen-bond acceptors (Lipinski definition) is 9. The number of carbonyl (C=O) groups excluding carboxylic acids is 4. The van der Waals surface area contributed by atoms with E-state index in [0.29, 0.717) is 0 Å². The lowest BCUT2D eigenvalue weighted by Gasteiger charge is -2.44. The second kappa shape index (κ2) is 8.60. The molecule has 0 aromatic rings. The number of nitrogens with one attached hydrogen (secondary N) is 1. The highest BCUT2D eigenvalue weighted by Crippen LogP contribution is 2.25. The topological polar surface area (TPSA) is 143 Å². The molecule has 1 aliphatic rings. The van der Waals surface area contributed by atoms with Crippen molar-refractivity contribution in [1.29, 1.82) is 0 Å². The Morgan fingerprint density at radius 2 is 1.50 bits per heavy atom. The molecule has 0 radical (unpaired) electrons. The maximum Gasteiger partial charge on any atom is 0.303 e. The van der Waals surface area contributed by atoms with E-state index in [9.17, 15) is 19.2 Å². The summed E-state index contributed by atoms with van der Waals surface area (Å²) in [7, 11) is 0. The van der Waals surface area contributed by atoms with Gasteiger partial charge >= 0.3 is 17.9 Å². The molecule has 0 saturated carbocycles. The Hall–Kier alpha value is -2.20. The minimum Gasteiger partial charge on any atom is -0.463 e. The van der Waals surface area contributed by atoms with E-state index < -0.39 is 54.4 Å². The molecule has 0 aromatic carbocycles. The van der Waals surface area contributed by atoms with Crippen molar-refractivity contribution in [2.24, 2.45) is 5.73 Å². The van der Waals surface area contributed by atoms with Crippen molar-refractivity contribution >= 4 is 23.8 Å². The van der Waals surface area contributed by atoms with Crippen LogP contribution in [0.1, 0.15) is 27.7 Å². The van der Waals surface area contributed by atoms with Gasteiger partial charge in [-0.3, -0.25) is 19.2 Å². The third kappa shape index (κ3) is 5.78. The molecule has 1 heterocycles. The molecule has 136 valence electrons. The molecular formula is C14H22N2O8. The van der Waals surface area contributed by atoms with Crippen LogP contribution in [0.2, 0.25) is 0 Å². The molecule has 1 rings (SSSR count). The summed E-state index contributed by atoms with van der Waals surface area (Å²) in [5.41, 5.74) is 5.87. The second-order valence-corrected chi connectivity index (χ2v) is 5.32. The first-order valence-electron chi connectivity index (χ1n) is 7.27. The van der Waals surface area contributed by atoms with Crippen molar-refractivity contribution in [3.8, 4) is 0 Å². The van der Waals surface area contributed by atoms with Crippen molar-refractivity contribution in [1.82, 2.24) is 5.32 Å². The number of rotatable bonds is 5. The zero-order valence-electron chi connectivity index (χ0n) is 13.9. The van der Waals surface area contributed by atoms with Crippen molar-refractivity contribution in [2.45, 2.75) is 58.3 Å². The highest BCUT2D eigenvalue weighted by Gasteiger charge is 2.49. The average molecular weight is 346 g/mol. The smallest absolute Gasteiger partial charge is 0.303 e. The van der Waals surface area contributed by atoms with Gasteiger partial charge in [-0.1, -0.05) is 0 Å². The molecule has 5 atom stereocenters. The Bertz CT molecular complexity index is 509. The van der Waals surface area contributed by atoms with Gasteiger partial charge in [0.1, 0.15) is 25.0 Å². The van der Waals surface area contributed by atoms with E-state index in [4.69, 9.17) is 24.7 Å². The second-order valence-electron chi connectivity index (χ2n) is 5.32. The van der Waals surface area contributed by atoms with Crippen LogP contribution >= 0.6 is 0 Å². The summed E-state index contributed by atoms with van der Waals surface area (Å²) in [4.78, 5) is 45.2. The first-order chi connectivity index (χ1) is 11.1.